The SMILES string of the molecule is O=C(CNC(=O)OCC1c2ccccc2-c2ccccc21)Nc1cncc(C(=O)O)c1. The molecule has 1 aliphatic rings. The fraction of sp³-hybridized carbons (Fsp3) is 0.130. The maximum absolute atomic E-state index is 12.1. The zero-order valence-corrected chi connectivity index (χ0v) is 16.4. The van der Waals surface area contributed by atoms with Crippen molar-refractivity contribution >= 4 is 23.7 Å². The smallest absolute Gasteiger partial charge is 0.407 e. The number of fused-ring (bicyclic) bond motifs is 3. The van der Waals surface area contributed by atoms with Crippen LogP contribution in [0.2, 0.25) is 0 Å². The van der Waals surface area contributed by atoms with Gasteiger partial charge >= 0.3 is 12.1 Å². The Bertz CT molecular complexity index is 1120. The fourth-order valence-electron chi connectivity index (χ4n) is 3.63. The number of rotatable bonds is 6. The molecule has 0 fully saturated rings. The molecule has 1 heterocycles. The number of ether oxygens (including phenoxy) is 1. The number of carboxylic acid groups (broad SMARTS) is 1. The van der Waals surface area contributed by atoms with Crippen molar-refractivity contribution < 1.29 is 24.2 Å². The van der Waals surface area contributed by atoms with Crippen LogP contribution in [0.1, 0.15) is 27.4 Å². The Balaban J connectivity index is 1.31. The van der Waals surface area contributed by atoms with Crippen molar-refractivity contribution in [3.8, 4) is 11.1 Å². The molecule has 1 aliphatic carbocycles. The fourth-order valence-corrected chi connectivity index (χ4v) is 3.63. The lowest BCUT2D eigenvalue weighted by molar-refractivity contribution is -0.115. The van der Waals surface area contributed by atoms with E-state index in [1.165, 1.54) is 18.5 Å². The van der Waals surface area contributed by atoms with Crippen molar-refractivity contribution in [3.05, 3.63) is 83.7 Å². The quantitative estimate of drug-likeness (QED) is 0.567. The Hall–Kier alpha value is -4.20. The maximum Gasteiger partial charge on any atom is 0.407 e. The summed E-state index contributed by atoms with van der Waals surface area (Å²) in [4.78, 5) is 38.9. The number of anilines is 1. The van der Waals surface area contributed by atoms with Crippen LogP contribution in [0, 0.1) is 0 Å². The molecule has 156 valence electrons. The molecule has 4 rings (SSSR count). The Labute approximate surface area is 177 Å². The van der Waals surface area contributed by atoms with Crippen LogP contribution in [0.25, 0.3) is 11.1 Å². The highest BCUT2D eigenvalue weighted by molar-refractivity contribution is 5.95. The number of nitrogens with zero attached hydrogens (tertiary/aromatic N) is 1. The normalized spacial score (nSPS) is 11.9. The lowest BCUT2D eigenvalue weighted by Gasteiger charge is -2.14. The Morgan fingerprint density at radius 1 is 0.968 bits per heavy atom. The number of nitrogens with one attached hydrogen (secondary N) is 2. The summed E-state index contributed by atoms with van der Waals surface area (Å²) in [6.07, 6.45) is 1.78. The van der Waals surface area contributed by atoms with E-state index in [1.807, 2.05) is 48.5 Å². The Morgan fingerprint density at radius 3 is 2.26 bits per heavy atom. The molecule has 0 spiro atoms. The van der Waals surface area contributed by atoms with Crippen LogP contribution in [0.4, 0.5) is 10.5 Å². The van der Waals surface area contributed by atoms with Gasteiger partial charge in [0.05, 0.1) is 17.4 Å². The van der Waals surface area contributed by atoms with Gasteiger partial charge in [0.2, 0.25) is 5.91 Å². The van der Waals surface area contributed by atoms with E-state index in [0.717, 1.165) is 22.3 Å². The van der Waals surface area contributed by atoms with Crippen LogP contribution in [0.3, 0.4) is 0 Å². The molecular weight excluding hydrogens is 398 g/mol. The van der Waals surface area contributed by atoms with Crippen molar-refractivity contribution in [1.29, 1.82) is 0 Å². The van der Waals surface area contributed by atoms with E-state index >= 15 is 0 Å². The van der Waals surface area contributed by atoms with Crippen molar-refractivity contribution in [1.82, 2.24) is 10.3 Å². The number of carbonyl (C=O) groups is 3. The molecule has 3 N–H and O–H groups in total. The molecule has 0 unspecified atom stereocenters. The Morgan fingerprint density at radius 2 is 1.61 bits per heavy atom. The van der Waals surface area contributed by atoms with E-state index in [0.29, 0.717) is 0 Å². The molecule has 2 aromatic carbocycles. The first-order chi connectivity index (χ1) is 15.0. The number of aromatic carboxylic acids is 1. The summed E-state index contributed by atoms with van der Waals surface area (Å²) in [5.41, 5.74) is 4.62. The van der Waals surface area contributed by atoms with E-state index < -0.39 is 18.0 Å². The second-order valence-electron chi connectivity index (χ2n) is 6.99. The third-order valence-electron chi connectivity index (χ3n) is 5.01. The average molecular weight is 417 g/mol. The monoisotopic (exact) mass is 417 g/mol. The minimum absolute atomic E-state index is 0.0534. The summed E-state index contributed by atoms with van der Waals surface area (Å²) in [7, 11) is 0. The van der Waals surface area contributed by atoms with Gasteiger partial charge in [0.25, 0.3) is 0 Å². The van der Waals surface area contributed by atoms with Crippen LogP contribution in [0.15, 0.2) is 67.0 Å². The largest absolute Gasteiger partial charge is 0.478 e. The van der Waals surface area contributed by atoms with Crippen molar-refractivity contribution in [2.24, 2.45) is 0 Å². The molecule has 0 radical (unpaired) electrons. The molecule has 1 aromatic heterocycles. The van der Waals surface area contributed by atoms with Gasteiger partial charge in [-0.3, -0.25) is 9.78 Å². The zero-order chi connectivity index (χ0) is 21.8. The zero-order valence-electron chi connectivity index (χ0n) is 16.4. The topological polar surface area (TPSA) is 118 Å². The number of carboxylic acids is 1. The predicted octanol–water partition coefficient (Wildman–Crippen LogP) is 3.26. The minimum Gasteiger partial charge on any atom is -0.478 e. The molecule has 0 aliphatic heterocycles. The molecular formula is C23H19N3O5. The highest BCUT2D eigenvalue weighted by atomic mass is 16.5. The van der Waals surface area contributed by atoms with Crippen LogP contribution in [-0.2, 0) is 9.53 Å². The van der Waals surface area contributed by atoms with Gasteiger partial charge in [0, 0.05) is 12.1 Å². The van der Waals surface area contributed by atoms with E-state index in [1.54, 1.807) is 0 Å². The lowest BCUT2D eigenvalue weighted by Crippen LogP contribution is -2.34. The highest BCUT2D eigenvalue weighted by Crippen LogP contribution is 2.44. The minimum atomic E-state index is -1.15. The van der Waals surface area contributed by atoms with Crippen molar-refractivity contribution in [3.63, 3.8) is 0 Å². The number of pyridine rings is 1. The van der Waals surface area contributed by atoms with Crippen LogP contribution < -0.4 is 10.6 Å². The second-order valence-corrected chi connectivity index (χ2v) is 6.99. The first kappa shape index (κ1) is 20.1. The molecule has 8 nitrogen and oxygen atoms in total. The number of aromatic nitrogens is 1. The number of hydrogen-bond acceptors (Lipinski definition) is 5. The first-order valence-corrected chi connectivity index (χ1v) is 9.60. The van der Waals surface area contributed by atoms with Crippen molar-refractivity contribution in [2.75, 3.05) is 18.5 Å². The van der Waals surface area contributed by atoms with Gasteiger partial charge in [-0.1, -0.05) is 48.5 Å². The van der Waals surface area contributed by atoms with Gasteiger partial charge in [0.1, 0.15) is 13.2 Å². The standard InChI is InChI=1S/C23H19N3O5/c27-21(26-15-9-14(22(28)29)10-24-11-15)12-25-23(30)31-13-20-18-7-3-1-5-16(18)17-6-2-4-8-19(17)20/h1-11,20H,12-13H2,(H,25,30)(H,26,27)(H,28,29). The Kier molecular flexibility index (Phi) is 5.61. The van der Waals surface area contributed by atoms with Gasteiger partial charge in [0.15, 0.2) is 0 Å². The van der Waals surface area contributed by atoms with Crippen molar-refractivity contribution in [2.45, 2.75) is 5.92 Å². The third-order valence-corrected chi connectivity index (χ3v) is 5.01. The number of alkyl carbamates (subject to hydrolysis) is 1. The molecule has 0 atom stereocenters. The number of amides is 2. The van der Waals surface area contributed by atoms with Gasteiger partial charge in [-0.2, -0.15) is 0 Å². The van der Waals surface area contributed by atoms with E-state index in [-0.39, 0.29) is 30.3 Å². The number of hydrogen-bond donors (Lipinski definition) is 3. The summed E-state index contributed by atoms with van der Waals surface area (Å²) in [6, 6.07) is 17.3. The van der Waals surface area contributed by atoms with Gasteiger partial charge in [-0.05, 0) is 28.3 Å². The molecule has 8 heteroatoms. The molecule has 31 heavy (non-hydrogen) atoms. The summed E-state index contributed by atoms with van der Waals surface area (Å²) in [5, 5.41) is 13.8. The predicted molar refractivity (Wildman–Crippen MR) is 113 cm³/mol. The molecule has 2 amide bonds. The summed E-state index contributed by atoms with van der Waals surface area (Å²) in [5.74, 6) is -1.75. The third kappa shape index (κ3) is 4.37. The number of benzene rings is 2. The van der Waals surface area contributed by atoms with Gasteiger partial charge in [-0.25, -0.2) is 9.59 Å². The highest BCUT2D eigenvalue weighted by Gasteiger charge is 2.29. The average Bonchev–Trinajstić information content (AvgIpc) is 3.10. The van der Waals surface area contributed by atoms with Gasteiger partial charge < -0.3 is 20.5 Å². The van der Waals surface area contributed by atoms with Crippen LogP contribution >= 0.6 is 0 Å². The summed E-state index contributed by atoms with van der Waals surface area (Å²) < 4.78 is 5.37. The molecule has 0 bridgehead atoms. The lowest BCUT2D eigenvalue weighted by atomic mass is 9.98. The second kappa shape index (κ2) is 8.66. The molecule has 3 aromatic rings. The van der Waals surface area contributed by atoms with Crippen LogP contribution in [-0.4, -0.2) is 41.2 Å². The van der Waals surface area contributed by atoms with Gasteiger partial charge in [-0.15, -0.1) is 0 Å². The van der Waals surface area contributed by atoms with Crippen LogP contribution in [0.5, 0.6) is 0 Å². The van der Waals surface area contributed by atoms with E-state index in [4.69, 9.17) is 9.84 Å². The van der Waals surface area contributed by atoms with E-state index in [2.05, 4.69) is 15.6 Å². The summed E-state index contributed by atoms with van der Waals surface area (Å²) >= 11 is 0. The maximum atomic E-state index is 12.1. The first-order valence-electron chi connectivity index (χ1n) is 9.60. The molecule has 0 saturated carbocycles. The number of carbonyl (C=O) groups excluding carboxylic acids is 2. The molecule has 0 saturated heterocycles. The van der Waals surface area contributed by atoms with E-state index in [9.17, 15) is 14.4 Å². The summed E-state index contributed by atoms with van der Waals surface area (Å²) in [6.45, 7) is -0.181.